The van der Waals surface area contributed by atoms with Crippen molar-refractivity contribution in [1.82, 2.24) is 4.98 Å². The van der Waals surface area contributed by atoms with Crippen molar-refractivity contribution in [2.24, 2.45) is 5.73 Å². The van der Waals surface area contributed by atoms with E-state index < -0.39 is 6.61 Å². The Hall–Kier alpha value is -1.53. The number of rotatable bonds is 5. The number of benzene rings is 1. The van der Waals surface area contributed by atoms with Gasteiger partial charge in [0.05, 0.1) is 10.7 Å². The van der Waals surface area contributed by atoms with Crippen LogP contribution in [0.25, 0.3) is 11.3 Å². The van der Waals surface area contributed by atoms with Gasteiger partial charge in [-0.2, -0.15) is 8.78 Å². The van der Waals surface area contributed by atoms with Crippen molar-refractivity contribution < 1.29 is 13.5 Å². The largest absolute Gasteiger partial charge is 0.434 e. The fourth-order valence-electron chi connectivity index (χ4n) is 1.55. The predicted octanol–water partition coefficient (Wildman–Crippen LogP) is 2.91. The van der Waals surface area contributed by atoms with Crippen LogP contribution < -0.4 is 10.5 Å². The Labute approximate surface area is 107 Å². The van der Waals surface area contributed by atoms with Crippen LogP contribution in [-0.4, -0.2) is 18.1 Å². The van der Waals surface area contributed by atoms with E-state index in [4.69, 9.17) is 5.73 Å². The Balaban J connectivity index is 2.30. The Bertz CT molecular complexity index is 516. The fourth-order valence-corrected chi connectivity index (χ4v) is 2.36. The molecule has 0 unspecified atom stereocenters. The molecule has 0 aliphatic heterocycles. The van der Waals surface area contributed by atoms with E-state index in [1.165, 1.54) is 17.4 Å². The van der Waals surface area contributed by atoms with E-state index in [1.54, 1.807) is 18.2 Å². The van der Waals surface area contributed by atoms with E-state index in [-0.39, 0.29) is 5.75 Å². The van der Waals surface area contributed by atoms with Gasteiger partial charge in [-0.25, -0.2) is 4.98 Å². The monoisotopic (exact) mass is 270 g/mol. The molecule has 0 bridgehead atoms. The molecule has 0 saturated carbocycles. The number of halogens is 2. The molecule has 3 nitrogen and oxygen atoms in total. The van der Waals surface area contributed by atoms with E-state index in [9.17, 15) is 8.78 Å². The summed E-state index contributed by atoms with van der Waals surface area (Å²) in [6.45, 7) is -2.32. The zero-order valence-electron chi connectivity index (χ0n) is 9.48. The van der Waals surface area contributed by atoms with Gasteiger partial charge in [0.25, 0.3) is 0 Å². The van der Waals surface area contributed by atoms with Crippen LogP contribution in [0.3, 0.4) is 0 Å². The normalized spacial score (nSPS) is 10.9. The molecule has 2 N–H and O–H groups in total. The van der Waals surface area contributed by atoms with E-state index >= 15 is 0 Å². The lowest BCUT2D eigenvalue weighted by Gasteiger charge is -2.08. The molecule has 1 heterocycles. The number of thiazole rings is 1. The van der Waals surface area contributed by atoms with Gasteiger partial charge in [0.15, 0.2) is 0 Å². The minimum Gasteiger partial charge on any atom is -0.434 e. The average Bonchev–Trinajstić information content (AvgIpc) is 2.78. The van der Waals surface area contributed by atoms with E-state index in [0.717, 1.165) is 5.01 Å². The summed E-state index contributed by atoms with van der Waals surface area (Å²) in [6, 6.07) is 6.62. The number of hydrogen-bond donors (Lipinski definition) is 1. The summed E-state index contributed by atoms with van der Waals surface area (Å²) in [4.78, 5) is 4.35. The van der Waals surface area contributed by atoms with Gasteiger partial charge in [-0.3, -0.25) is 0 Å². The number of aromatic nitrogens is 1. The molecule has 0 aliphatic rings. The lowest BCUT2D eigenvalue weighted by Crippen LogP contribution is -2.03. The molecule has 0 fully saturated rings. The number of hydrogen-bond acceptors (Lipinski definition) is 4. The van der Waals surface area contributed by atoms with Gasteiger partial charge in [-0.15, -0.1) is 11.3 Å². The van der Waals surface area contributed by atoms with Crippen LogP contribution in [0.15, 0.2) is 29.6 Å². The predicted molar refractivity (Wildman–Crippen MR) is 66.9 cm³/mol. The van der Waals surface area contributed by atoms with Gasteiger partial charge in [0, 0.05) is 17.4 Å². The minimum absolute atomic E-state index is 0.136. The SMILES string of the molecule is NCCc1nc(-c2ccccc2OC(F)F)cs1. The summed E-state index contributed by atoms with van der Waals surface area (Å²) in [7, 11) is 0. The zero-order chi connectivity index (χ0) is 13.0. The lowest BCUT2D eigenvalue weighted by atomic mass is 10.1. The number of para-hydroxylation sites is 1. The van der Waals surface area contributed by atoms with Crippen molar-refractivity contribution >= 4 is 11.3 Å². The summed E-state index contributed by atoms with van der Waals surface area (Å²) < 4.78 is 29.0. The molecule has 0 spiro atoms. The third-order valence-corrected chi connectivity index (χ3v) is 3.20. The lowest BCUT2D eigenvalue weighted by molar-refractivity contribution is -0.0494. The van der Waals surface area contributed by atoms with Crippen molar-refractivity contribution in [1.29, 1.82) is 0 Å². The van der Waals surface area contributed by atoms with Gasteiger partial charge in [0.2, 0.25) is 0 Å². The van der Waals surface area contributed by atoms with Crippen molar-refractivity contribution in [3.63, 3.8) is 0 Å². The van der Waals surface area contributed by atoms with Gasteiger partial charge >= 0.3 is 6.61 Å². The zero-order valence-corrected chi connectivity index (χ0v) is 10.3. The molecule has 2 rings (SSSR count). The molecule has 1 aromatic carbocycles. The first-order valence-electron chi connectivity index (χ1n) is 5.39. The molecular weight excluding hydrogens is 258 g/mol. The van der Waals surface area contributed by atoms with Crippen molar-refractivity contribution in [2.45, 2.75) is 13.0 Å². The van der Waals surface area contributed by atoms with Gasteiger partial charge < -0.3 is 10.5 Å². The maximum Gasteiger partial charge on any atom is 0.387 e. The summed E-state index contributed by atoms with van der Waals surface area (Å²) in [6.07, 6.45) is 0.683. The fraction of sp³-hybridized carbons (Fsp3) is 0.250. The molecule has 0 amide bonds. The second kappa shape index (κ2) is 5.88. The first-order chi connectivity index (χ1) is 8.70. The molecule has 0 aliphatic carbocycles. The highest BCUT2D eigenvalue weighted by Crippen LogP contribution is 2.31. The van der Waals surface area contributed by atoms with Crippen LogP contribution >= 0.6 is 11.3 Å². The maximum atomic E-state index is 12.3. The molecule has 18 heavy (non-hydrogen) atoms. The van der Waals surface area contributed by atoms with Gasteiger partial charge in [0.1, 0.15) is 5.75 Å². The molecule has 96 valence electrons. The molecule has 0 atom stereocenters. The third kappa shape index (κ3) is 3.02. The number of ether oxygens (including phenoxy) is 1. The Morgan fingerprint density at radius 2 is 2.11 bits per heavy atom. The van der Waals surface area contributed by atoms with Gasteiger partial charge in [-0.1, -0.05) is 12.1 Å². The summed E-state index contributed by atoms with van der Waals surface area (Å²) in [5, 5.41) is 2.71. The Morgan fingerprint density at radius 1 is 1.33 bits per heavy atom. The average molecular weight is 270 g/mol. The molecule has 2 aromatic rings. The first kappa shape index (κ1) is 12.9. The summed E-state index contributed by atoms with van der Waals surface area (Å²) in [5.41, 5.74) is 6.65. The number of nitrogens with zero attached hydrogens (tertiary/aromatic N) is 1. The molecule has 0 saturated heterocycles. The number of alkyl halides is 2. The number of nitrogens with two attached hydrogens (primary N) is 1. The Morgan fingerprint density at radius 3 is 2.83 bits per heavy atom. The maximum absolute atomic E-state index is 12.3. The second-order valence-electron chi connectivity index (χ2n) is 3.54. The van der Waals surface area contributed by atoms with E-state index in [2.05, 4.69) is 9.72 Å². The summed E-state index contributed by atoms with van der Waals surface area (Å²) >= 11 is 1.46. The van der Waals surface area contributed by atoms with Crippen molar-refractivity contribution in [3.05, 3.63) is 34.7 Å². The van der Waals surface area contributed by atoms with Gasteiger partial charge in [-0.05, 0) is 18.7 Å². The second-order valence-corrected chi connectivity index (χ2v) is 4.48. The highest BCUT2D eigenvalue weighted by atomic mass is 32.1. The summed E-state index contributed by atoms with van der Waals surface area (Å²) in [5.74, 6) is 0.136. The van der Waals surface area contributed by atoms with Crippen LogP contribution in [0.2, 0.25) is 0 Å². The molecule has 6 heteroatoms. The first-order valence-corrected chi connectivity index (χ1v) is 6.27. The highest BCUT2D eigenvalue weighted by molar-refractivity contribution is 7.09. The van der Waals surface area contributed by atoms with Crippen molar-refractivity contribution in [3.8, 4) is 17.0 Å². The van der Waals surface area contributed by atoms with Crippen LogP contribution in [0, 0.1) is 0 Å². The Kier molecular flexibility index (Phi) is 4.22. The van der Waals surface area contributed by atoms with Crippen molar-refractivity contribution in [2.75, 3.05) is 6.54 Å². The van der Waals surface area contributed by atoms with Crippen LogP contribution in [0.5, 0.6) is 5.75 Å². The molecule has 1 aromatic heterocycles. The van der Waals surface area contributed by atoms with E-state index in [0.29, 0.717) is 24.2 Å². The minimum atomic E-state index is -2.84. The highest BCUT2D eigenvalue weighted by Gasteiger charge is 2.12. The van der Waals surface area contributed by atoms with Crippen LogP contribution in [-0.2, 0) is 6.42 Å². The van der Waals surface area contributed by atoms with Crippen LogP contribution in [0.4, 0.5) is 8.78 Å². The topological polar surface area (TPSA) is 48.1 Å². The molecule has 0 radical (unpaired) electrons. The quantitative estimate of drug-likeness (QED) is 0.908. The standard InChI is InChI=1S/C12H12F2N2OS/c13-12(14)17-10-4-2-1-3-8(10)9-7-18-11(16-9)5-6-15/h1-4,7,12H,5-6,15H2. The third-order valence-electron chi connectivity index (χ3n) is 2.29. The van der Waals surface area contributed by atoms with E-state index in [1.807, 2.05) is 5.38 Å². The smallest absolute Gasteiger partial charge is 0.387 e. The van der Waals surface area contributed by atoms with Crippen LogP contribution in [0.1, 0.15) is 5.01 Å². The molecular formula is C12H12F2N2OS.